The van der Waals surface area contributed by atoms with Crippen molar-refractivity contribution in [1.82, 2.24) is 10.2 Å². The molecule has 1 atom stereocenters. The van der Waals surface area contributed by atoms with Gasteiger partial charge in [0.25, 0.3) is 0 Å². The lowest BCUT2D eigenvalue weighted by molar-refractivity contribution is 0.0553. The minimum Gasteiger partial charge on any atom is -0.315 e. The van der Waals surface area contributed by atoms with Gasteiger partial charge in [-0.1, -0.05) is 53.4 Å². The van der Waals surface area contributed by atoms with Crippen LogP contribution in [0, 0.1) is 5.92 Å². The van der Waals surface area contributed by atoms with Crippen LogP contribution in [-0.2, 0) is 0 Å². The van der Waals surface area contributed by atoms with Crippen LogP contribution in [0.15, 0.2) is 0 Å². The number of nitrogens with one attached hydrogen (secondary N) is 1. The molecular formula is C17H36N2. The Hall–Kier alpha value is -0.0800. The molecule has 1 rings (SSSR count). The summed E-state index contributed by atoms with van der Waals surface area (Å²) in [4.78, 5) is 2.74. The Bertz CT molecular complexity index is 225. The van der Waals surface area contributed by atoms with E-state index in [9.17, 15) is 0 Å². The smallest absolute Gasteiger partial charge is 0.0362 e. The maximum atomic E-state index is 3.69. The van der Waals surface area contributed by atoms with E-state index in [4.69, 9.17) is 0 Å². The molecule has 0 aromatic heterocycles. The molecule has 2 heteroatoms. The summed E-state index contributed by atoms with van der Waals surface area (Å²) in [5.74, 6) is 0.880. The fourth-order valence-corrected chi connectivity index (χ4v) is 4.29. The van der Waals surface area contributed by atoms with Gasteiger partial charge in [-0.05, 0) is 45.3 Å². The molecule has 0 bridgehead atoms. The van der Waals surface area contributed by atoms with Gasteiger partial charge in [0.15, 0.2) is 0 Å². The zero-order valence-corrected chi connectivity index (χ0v) is 14.0. The largest absolute Gasteiger partial charge is 0.315 e. The zero-order valence-electron chi connectivity index (χ0n) is 14.0. The summed E-state index contributed by atoms with van der Waals surface area (Å²) in [6.07, 6.45) is 9.60. The molecule has 0 heterocycles. The Morgan fingerprint density at radius 3 is 1.89 bits per heavy atom. The van der Waals surface area contributed by atoms with Gasteiger partial charge in [0.05, 0.1) is 0 Å². The van der Waals surface area contributed by atoms with Crippen molar-refractivity contribution in [2.24, 2.45) is 5.92 Å². The SMILES string of the molecule is CCC(CC)CC(NC)C1(N(CC)CC)CCCC1. The number of hydrogen-bond donors (Lipinski definition) is 1. The normalized spacial score (nSPS) is 20.4. The molecule has 1 aliphatic carbocycles. The van der Waals surface area contributed by atoms with Crippen molar-refractivity contribution >= 4 is 0 Å². The van der Waals surface area contributed by atoms with E-state index >= 15 is 0 Å². The van der Waals surface area contributed by atoms with E-state index in [0.717, 1.165) is 5.92 Å². The minimum atomic E-state index is 0.431. The van der Waals surface area contributed by atoms with Gasteiger partial charge >= 0.3 is 0 Å². The molecule has 0 amide bonds. The Kier molecular flexibility index (Phi) is 7.38. The third-order valence-electron chi connectivity index (χ3n) is 5.58. The van der Waals surface area contributed by atoms with Crippen LogP contribution in [0.4, 0.5) is 0 Å². The molecule has 0 radical (unpaired) electrons. The molecule has 1 saturated carbocycles. The van der Waals surface area contributed by atoms with Crippen molar-refractivity contribution in [1.29, 1.82) is 0 Å². The van der Waals surface area contributed by atoms with Gasteiger partial charge in [0, 0.05) is 11.6 Å². The summed E-state index contributed by atoms with van der Waals surface area (Å²) in [7, 11) is 2.18. The summed E-state index contributed by atoms with van der Waals surface area (Å²) in [5, 5.41) is 3.69. The van der Waals surface area contributed by atoms with Gasteiger partial charge in [0.2, 0.25) is 0 Å². The van der Waals surface area contributed by atoms with Crippen molar-refractivity contribution in [3.8, 4) is 0 Å². The third kappa shape index (κ3) is 3.72. The summed E-state index contributed by atoms with van der Waals surface area (Å²) >= 11 is 0. The van der Waals surface area contributed by atoms with Crippen LogP contribution in [-0.4, -0.2) is 36.6 Å². The summed E-state index contributed by atoms with van der Waals surface area (Å²) < 4.78 is 0. The quantitative estimate of drug-likeness (QED) is 0.678. The van der Waals surface area contributed by atoms with E-state index in [-0.39, 0.29) is 0 Å². The van der Waals surface area contributed by atoms with Crippen LogP contribution in [0.5, 0.6) is 0 Å². The number of nitrogens with zero attached hydrogens (tertiary/aromatic N) is 1. The molecule has 0 saturated heterocycles. The maximum Gasteiger partial charge on any atom is 0.0362 e. The summed E-state index contributed by atoms with van der Waals surface area (Å²) in [6, 6.07) is 0.666. The van der Waals surface area contributed by atoms with Crippen LogP contribution in [0.2, 0.25) is 0 Å². The lowest BCUT2D eigenvalue weighted by Crippen LogP contribution is -2.59. The standard InChI is InChI=1S/C17H36N2/c1-6-15(7-2)14-16(18-5)17(12-10-11-13-17)19(8-3)9-4/h15-16,18H,6-14H2,1-5H3. The molecule has 1 fully saturated rings. The molecule has 0 aromatic rings. The molecule has 0 aliphatic heterocycles. The number of likely N-dealkylation sites (N-methyl/N-ethyl adjacent to an activating group) is 2. The monoisotopic (exact) mass is 268 g/mol. The highest BCUT2D eigenvalue weighted by molar-refractivity contribution is 5.03. The highest BCUT2D eigenvalue weighted by Crippen LogP contribution is 2.40. The number of hydrogen-bond acceptors (Lipinski definition) is 2. The molecule has 19 heavy (non-hydrogen) atoms. The average molecular weight is 268 g/mol. The summed E-state index contributed by atoms with van der Waals surface area (Å²) in [6.45, 7) is 11.7. The molecular weight excluding hydrogens is 232 g/mol. The van der Waals surface area contributed by atoms with Gasteiger partial charge in [-0.2, -0.15) is 0 Å². The van der Waals surface area contributed by atoms with E-state index in [1.54, 1.807) is 0 Å². The van der Waals surface area contributed by atoms with Gasteiger partial charge in [-0.15, -0.1) is 0 Å². The molecule has 2 nitrogen and oxygen atoms in total. The maximum absolute atomic E-state index is 3.69. The van der Waals surface area contributed by atoms with Crippen molar-refractivity contribution in [3.63, 3.8) is 0 Å². The topological polar surface area (TPSA) is 15.3 Å². The first-order valence-corrected chi connectivity index (χ1v) is 8.60. The Balaban J connectivity index is 2.87. The van der Waals surface area contributed by atoms with E-state index in [0.29, 0.717) is 11.6 Å². The van der Waals surface area contributed by atoms with Gasteiger partial charge in [0.1, 0.15) is 0 Å². The Morgan fingerprint density at radius 2 is 1.53 bits per heavy atom. The van der Waals surface area contributed by atoms with Crippen LogP contribution in [0.25, 0.3) is 0 Å². The molecule has 114 valence electrons. The lowest BCUT2D eigenvalue weighted by Gasteiger charge is -2.47. The van der Waals surface area contributed by atoms with E-state index in [1.807, 2.05) is 0 Å². The van der Waals surface area contributed by atoms with Crippen molar-refractivity contribution in [2.75, 3.05) is 20.1 Å². The fourth-order valence-electron chi connectivity index (χ4n) is 4.29. The second-order valence-electron chi connectivity index (χ2n) is 6.24. The lowest BCUT2D eigenvalue weighted by atomic mass is 9.79. The van der Waals surface area contributed by atoms with E-state index in [2.05, 4.69) is 45.0 Å². The van der Waals surface area contributed by atoms with Crippen molar-refractivity contribution < 1.29 is 0 Å². The summed E-state index contributed by atoms with van der Waals surface area (Å²) in [5.41, 5.74) is 0.431. The van der Waals surface area contributed by atoms with E-state index < -0.39 is 0 Å². The van der Waals surface area contributed by atoms with Gasteiger partial charge in [-0.25, -0.2) is 0 Å². The van der Waals surface area contributed by atoms with Crippen molar-refractivity contribution in [3.05, 3.63) is 0 Å². The van der Waals surface area contributed by atoms with Crippen LogP contribution in [0.1, 0.15) is 72.6 Å². The molecule has 1 N–H and O–H groups in total. The Morgan fingerprint density at radius 1 is 1.00 bits per heavy atom. The Labute approximate surface area is 121 Å². The highest BCUT2D eigenvalue weighted by Gasteiger charge is 2.44. The second-order valence-corrected chi connectivity index (χ2v) is 6.24. The molecule has 0 spiro atoms. The predicted octanol–water partition coefficient (Wildman–Crippen LogP) is 4.06. The van der Waals surface area contributed by atoms with Crippen LogP contribution < -0.4 is 5.32 Å². The van der Waals surface area contributed by atoms with Crippen molar-refractivity contribution in [2.45, 2.75) is 84.2 Å². The van der Waals surface area contributed by atoms with Gasteiger partial charge < -0.3 is 5.32 Å². The molecule has 1 aliphatic rings. The first-order valence-electron chi connectivity index (χ1n) is 8.60. The molecule has 1 unspecified atom stereocenters. The number of rotatable bonds is 9. The first-order chi connectivity index (χ1) is 9.18. The van der Waals surface area contributed by atoms with Gasteiger partial charge in [-0.3, -0.25) is 4.90 Å². The average Bonchev–Trinajstić information content (AvgIpc) is 2.92. The van der Waals surface area contributed by atoms with E-state index in [1.165, 1.54) is 58.0 Å². The molecule has 0 aromatic carbocycles. The zero-order chi connectivity index (χ0) is 14.3. The predicted molar refractivity (Wildman–Crippen MR) is 85.7 cm³/mol. The van der Waals surface area contributed by atoms with Crippen LogP contribution >= 0.6 is 0 Å². The third-order valence-corrected chi connectivity index (χ3v) is 5.58. The second kappa shape index (κ2) is 8.26. The first kappa shape index (κ1) is 17.0. The minimum absolute atomic E-state index is 0.431. The highest BCUT2D eigenvalue weighted by atomic mass is 15.2. The fraction of sp³-hybridized carbons (Fsp3) is 1.00. The van der Waals surface area contributed by atoms with Crippen LogP contribution in [0.3, 0.4) is 0 Å².